The number of rotatable bonds is 4. The van der Waals surface area contributed by atoms with Crippen LogP contribution in [0.2, 0.25) is 10.0 Å². The second-order valence-electron chi connectivity index (χ2n) is 3.53. The summed E-state index contributed by atoms with van der Waals surface area (Å²) in [5, 5.41) is 11.8. The number of hydrogen-bond donors (Lipinski definition) is 2. The van der Waals surface area contributed by atoms with E-state index in [0.29, 0.717) is 10.0 Å². The molecular weight excluding hydrogens is 265 g/mol. The van der Waals surface area contributed by atoms with Gasteiger partial charge in [0.1, 0.15) is 6.42 Å². The van der Waals surface area contributed by atoms with E-state index in [-0.39, 0.29) is 6.04 Å². The van der Waals surface area contributed by atoms with Gasteiger partial charge in [0.05, 0.1) is 16.1 Å². The van der Waals surface area contributed by atoms with Crippen LogP contribution in [0.4, 0.5) is 0 Å². The summed E-state index contributed by atoms with van der Waals surface area (Å²) in [5.41, 5.74) is 0.762. The maximum Gasteiger partial charge on any atom is 0.312 e. The fraction of sp³-hybridized carbons (Fsp3) is 0.273. The molecule has 0 aliphatic heterocycles. The largest absolute Gasteiger partial charge is 0.481 e. The first kappa shape index (κ1) is 13.8. The van der Waals surface area contributed by atoms with Crippen molar-refractivity contribution in [1.82, 2.24) is 5.32 Å². The normalized spacial score (nSPS) is 11.9. The molecule has 0 aromatic heterocycles. The number of carboxylic acid groups (broad SMARTS) is 1. The average molecular weight is 276 g/mol. The first-order valence-corrected chi connectivity index (χ1v) is 5.62. The van der Waals surface area contributed by atoms with Crippen LogP contribution in [0.3, 0.4) is 0 Å². The molecule has 4 nitrogen and oxygen atoms in total. The van der Waals surface area contributed by atoms with Gasteiger partial charge in [-0.1, -0.05) is 29.3 Å². The van der Waals surface area contributed by atoms with E-state index in [9.17, 15) is 9.59 Å². The van der Waals surface area contributed by atoms with Gasteiger partial charge in [0, 0.05) is 0 Å². The van der Waals surface area contributed by atoms with Crippen LogP contribution in [0.25, 0.3) is 0 Å². The predicted octanol–water partition coefficient (Wildman–Crippen LogP) is 2.65. The van der Waals surface area contributed by atoms with Gasteiger partial charge in [-0.3, -0.25) is 9.59 Å². The Labute approximate surface area is 109 Å². The lowest BCUT2D eigenvalue weighted by Gasteiger charge is -2.14. The summed E-state index contributed by atoms with van der Waals surface area (Å²) in [4.78, 5) is 21.6. The Hall–Kier alpha value is -1.26. The van der Waals surface area contributed by atoms with Crippen molar-refractivity contribution < 1.29 is 14.7 Å². The van der Waals surface area contributed by atoms with E-state index in [1.54, 1.807) is 25.1 Å². The fourth-order valence-corrected chi connectivity index (χ4v) is 1.60. The third-order valence-electron chi connectivity index (χ3n) is 2.13. The lowest BCUT2D eigenvalue weighted by atomic mass is 10.1. The third-order valence-corrected chi connectivity index (χ3v) is 2.87. The molecule has 1 atom stereocenters. The quantitative estimate of drug-likeness (QED) is 0.831. The van der Waals surface area contributed by atoms with Crippen molar-refractivity contribution >= 4 is 35.1 Å². The second kappa shape index (κ2) is 5.89. The van der Waals surface area contributed by atoms with Crippen molar-refractivity contribution in [3.8, 4) is 0 Å². The van der Waals surface area contributed by atoms with Gasteiger partial charge in [0.25, 0.3) is 0 Å². The molecule has 0 bridgehead atoms. The summed E-state index contributed by atoms with van der Waals surface area (Å²) in [6.45, 7) is 1.74. The van der Waals surface area contributed by atoms with E-state index < -0.39 is 18.3 Å². The highest BCUT2D eigenvalue weighted by Gasteiger charge is 2.13. The van der Waals surface area contributed by atoms with E-state index in [1.807, 2.05) is 0 Å². The molecule has 1 aromatic carbocycles. The minimum Gasteiger partial charge on any atom is -0.481 e. The Bertz CT molecular complexity index is 448. The molecule has 17 heavy (non-hydrogen) atoms. The number of carbonyl (C=O) groups is 2. The summed E-state index contributed by atoms with van der Waals surface area (Å²) in [5.74, 6) is -1.71. The molecular formula is C11H11Cl2NO3. The van der Waals surface area contributed by atoms with E-state index in [4.69, 9.17) is 28.3 Å². The van der Waals surface area contributed by atoms with Crippen LogP contribution < -0.4 is 5.32 Å². The maximum atomic E-state index is 11.2. The van der Waals surface area contributed by atoms with E-state index in [2.05, 4.69) is 5.32 Å². The van der Waals surface area contributed by atoms with Gasteiger partial charge in [-0.2, -0.15) is 0 Å². The molecule has 0 spiro atoms. The lowest BCUT2D eigenvalue weighted by molar-refractivity contribution is -0.140. The van der Waals surface area contributed by atoms with Crippen LogP contribution in [0.1, 0.15) is 24.9 Å². The van der Waals surface area contributed by atoms with Crippen LogP contribution >= 0.6 is 23.2 Å². The number of amides is 1. The molecule has 0 aliphatic rings. The number of hydrogen-bond acceptors (Lipinski definition) is 2. The highest BCUT2D eigenvalue weighted by molar-refractivity contribution is 6.42. The van der Waals surface area contributed by atoms with Crippen LogP contribution in [0.5, 0.6) is 0 Å². The zero-order valence-electron chi connectivity index (χ0n) is 9.04. The Morgan fingerprint density at radius 3 is 2.53 bits per heavy atom. The summed E-state index contributed by atoms with van der Waals surface area (Å²) in [6.07, 6.45) is -0.550. The van der Waals surface area contributed by atoms with Crippen LogP contribution in [0, 0.1) is 0 Å². The molecule has 2 N–H and O–H groups in total. The first-order chi connectivity index (χ1) is 7.90. The van der Waals surface area contributed by atoms with Gasteiger partial charge >= 0.3 is 5.97 Å². The van der Waals surface area contributed by atoms with Crippen LogP contribution in [0.15, 0.2) is 18.2 Å². The Balaban J connectivity index is 2.69. The van der Waals surface area contributed by atoms with Gasteiger partial charge in [0.2, 0.25) is 5.91 Å². The summed E-state index contributed by atoms with van der Waals surface area (Å²) in [7, 11) is 0. The molecule has 1 aromatic rings. The van der Waals surface area contributed by atoms with Gasteiger partial charge < -0.3 is 10.4 Å². The molecule has 92 valence electrons. The predicted molar refractivity (Wildman–Crippen MR) is 65.3 cm³/mol. The summed E-state index contributed by atoms with van der Waals surface area (Å²) >= 11 is 11.6. The molecule has 0 fully saturated rings. The number of nitrogens with one attached hydrogen (secondary N) is 1. The van der Waals surface area contributed by atoms with Gasteiger partial charge in [0.15, 0.2) is 0 Å². The molecule has 1 amide bonds. The van der Waals surface area contributed by atoms with Gasteiger partial charge in [-0.05, 0) is 24.6 Å². The third kappa shape index (κ3) is 4.24. The highest BCUT2D eigenvalue weighted by atomic mass is 35.5. The smallest absolute Gasteiger partial charge is 0.312 e. The number of benzene rings is 1. The SMILES string of the molecule is CC(NC(=O)CC(=O)O)c1ccc(Cl)c(Cl)c1. The molecule has 0 aliphatic carbocycles. The first-order valence-electron chi connectivity index (χ1n) is 4.86. The topological polar surface area (TPSA) is 66.4 Å². The monoisotopic (exact) mass is 275 g/mol. The lowest BCUT2D eigenvalue weighted by Crippen LogP contribution is -2.28. The van der Waals surface area contributed by atoms with Crippen molar-refractivity contribution in [3.05, 3.63) is 33.8 Å². The molecule has 0 heterocycles. The van der Waals surface area contributed by atoms with Crippen LogP contribution in [-0.4, -0.2) is 17.0 Å². The molecule has 1 unspecified atom stereocenters. The Kier molecular flexibility index (Phi) is 4.78. The average Bonchev–Trinajstić information content (AvgIpc) is 2.20. The van der Waals surface area contributed by atoms with Crippen LogP contribution in [-0.2, 0) is 9.59 Å². The zero-order chi connectivity index (χ0) is 13.0. The van der Waals surface area contributed by atoms with E-state index >= 15 is 0 Å². The number of carboxylic acids is 1. The van der Waals surface area contributed by atoms with E-state index in [1.165, 1.54) is 0 Å². The zero-order valence-corrected chi connectivity index (χ0v) is 10.5. The molecule has 0 saturated heterocycles. The summed E-state index contributed by atoms with van der Waals surface area (Å²) in [6, 6.07) is 4.66. The fourth-order valence-electron chi connectivity index (χ4n) is 1.29. The standard InChI is InChI=1S/C11H11Cl2NO3/c1-6(14-10(15)5-11(16)17)7-2-3-8(12)9(13)4-7/h2-4,6H,5H2,1H3,(H,14,15)(H,16,17). The van der Waals surface area contributed by atoms with Crippen molar-refractivity contribution in [1.29, 1.82) is 0 Å². The molecule has 1 rings (SSSR count). The van der Waals surface area contributed by atoms with Crippen molar-refractivity contribution in [2.24, 2.45) is 0 Å². The number of aliphatic carboxylic acids is 1. The van der Waals surface area contributed by atoms with E-state index in [0.717, 1.165) is 5.56 Å². The van der Waals surface area contributed by atoms with Crippen molar-refractivity contribution in [2.45, 2.75) is 19.4 Å². The summed E-state index contributed by atoms with van der Waals surface area (Å²) < 4.78 is 0. The Morgan fingerprint density at radius 1 is 1.35 bits per heavy atom. The van der Waals surface area contributed by atoms with Gasteiger partial charge in [-0.15, -0.1) is 0 Å². The Morgan fingerprint density at radius 2 is 2.00 bits per heavy atom. The molecule has 0 saturated carbocycles. The number of halogens is 2. The maximum absolute atomic E-state index is 11.2. The number of carbonyl (C=O) groups excluding carboxylic acids is 1. The second-order valence-corrected chi connectivity index (χ2v) is 4.35. The van der Waals surface area contributed by atoms with Gasteiger partial charge in [-0.25, -0.2) is 0 Å². The minimum atomic E-state index is -1.16. The minimum absolute atomic E-state index is 0.323. The molecule has 0 radical (unpaired) electrons. The van der Waals surface area contributed by atoms with Crippen molar-refractivity contribution in [3.63, 3.8) is 0 Å². The molecule has 6 heteroatoms. The van der Waals surface area contributed by atoms with Crippen molar-refractivity contribution in [2.75, 3.05) is 0 Å². The highest BCUT2D eigenvalue weighted by Crippen LogP contribution is 2.25.